The van der Waals surface area contributed by atoms with Gasteiger partial charge >= 0.3 is 5.97 Å². The van der Waals surface area contributed by atoms with E-state index in [2.05, 4.69) is 5.32 Å². The van der Waals surface area contributed by atoms with Crippen LogP contribution in [-0.2, 0) is 9.59 Å². The lowest BCUT2D eigenvalue weighted by Gasteiger charge is -2.13. The number of hydrogen-bond donors (Lipinski definition) is 2. The van der Waals surface area contributed by atoms with Crippen molar-refractivity contribution in [2.75, 3.05) is 5.75 Å². The Labute approximate surface area is 101 Å². The maximum Gasteiger partial charge on any atom is 0.303 e. The molecule has 0 spiro atoms. The normalized spacial score (nSPS) is 12.5. The first-order valence-corrected chi connectivity index (χ1v) is 6.59. The predicted octanol–water partition coefficient (Wildman–Crippen LogP) is 1.89. The molecule has 0 heterocycles. The molecule has 0 aromatic rings. The lowest BCUT2D eigenvalue weighted by molar-refractivity contribution is -0.137. The largest absolute Gasteiger partial charge is 0.481 e. The van der Waals surface area contributed by atoms with Crippen molar-refractivity contribution in [3.8, 4) is 0 Å². The fourth-order valence-corrected chi connectivity index (χ4v) is 1.76. The molecule has 1 atom stereocenters. The molecule has 0 saturated heterocycles. The minimum absolute atomic E-state index is 0.0292. The van der Waals surface area contributed by atoms with Crippen molar-refractivity contribution in [2.45, 2.75) is 51.3 Å². The topological polar surface area (TPSA) is 66.4 Å². The quantitative estimate of drug-likeness (QED) is 0.687. The number of amides is 1. The van der Waals surface area contributed by atoms with Crippen molar-refractivity contribution in [1.82, 2.24) is 5.32 Å². The number of nitrogens with one attached hydrogen (secondary N) is 1. The number of hydrogen-bond acceptors (Lipinski definition) is 3. The second-order valence-electron chi connectivity index (χ2n) is 4.11. The van der Waals surface area contributed by atoms with Gasteiger partial charge in [0.05, 0.1) is 5.75 Å². The summed E-state index contributed by atoms with van der Waals surface area (Å²) in [5, 5.41) is 11.8. The van der Waals surface area contributed by atoms with Crippen LogP contribution in [0.2, 0.25) is 0 Å². The molecule has 5 heteroatoms. The van der Waals surface area contributed by atoms with Crippen molar-refractivity contribution in [1.29, 1.82) is 0 Å². The van der Waals surface area contributed by atoms with Crippen LogP contribution in [0.15, 0.2) is 0 Å². The third-order valence-electron chi connectivity index (χ3n) is 1.98. The third kappa shape index (κ3) is 9.83. The van der Waals surface area contributed by atoms with Crippen LogP contribution < -0.4 is 5.32 Å². The van der Waals surface area contributed by atoms with Crippen molar-refractivity contribution < 1.29 is 14.7 Å². The molecule has 0 radical (unpaired) electrons. The summed E-state index contributed by atoms with van der Waals surface area (Å²) in [6, 6.07) is 0.0552. The van der Waals surface area contributed by atoms with Crippen LogP contribution in [0.5, 0.6) is 0 Å². The first-order chi connectivity index (χ1) is 7.41. The summed E-state index contributed by atoms with van der Waals surface area (Å²) in [5.41, 5.74) is 0. The van der Waals surface area contributed by atoms with Crippen molar-refractivity contribution in [2.24, 2.45) is 0 Å². The zero-order valence-corrected chi connectivity index (χ0v) is 11.0. The Kier molecular flexibility index (Phi) is 8.07. The van der Waals surface area contributed by atoms with Crippen LogP contribution >= 0.6 is 11.8 Å². The average molecular weight is 247 g/mol. The van der Waals surface area contributed by atoms with E-state index in [0.29, 0.717) is 23.8 Å². The molecule has 4 nitrogen and oxygen atoms in total. The summed E-state index contributed by atoms with van der Waals surface area (Å²) in [6.07, 6.45) is 1.49. The van der Waals surface area contributed by atoms with Gasteiger partial charge in [0.15, 0.2) is 0 Å². The van der Waals surface area contributed by atoms with Crippen molar-refractivity contribution in [3.63, 3.8) is 0 Å². The highest BCUT2D eigenvalue weighted by Crippen LogP contribution is 2.08. The van der Waals surface area contributed by atoms with Gasteiger partial charge in [0, 0.05) is 12.5 Å². The molecule has 1 amide bonds. The molecule has 2 N–H and O–H groups in total. The van der Waals surface area contributed by atoms with E-state index in [1.807, 2.05) is 20.8 Å². The minimum Gasteiger partial charge on any atom is -0.481 e. The summed E-state index contributed by atoms with van der Waals surface area (Å²) in [7, 11) is 0. The minimum atomic E-state index is -0.783. The lowest BCUT2D eigenvalue weighted by atomic mass is 10.1. The second kappa shape index (κ2) is 8.44. The molecule has 0 aromatic heterocycles. The number of carboxylic acids is 1. The number of rotatable bonds is 8. The molecule has 0 fully saturated rings. The third-order valence-corrected chi connectivity index (χ3v) is 3.08. The van der Waals surface area contributed by atoms with E-state index >= 15 is 0 Å². The Morgan fingerprint density at radius 1 is 1.31 bits per heavy atom. The molecule has 0 bridgehead atoms. The first kappa shape index (κ1) is 15.3. The van der Waals surface area contributed by atoms with Gasteiger partial charge in [-0.2, -0.15) is 0 Å². The molecule has 16 heavy (non-hydrogen) atoms. The van der Waals surface area contributed by atoms with Gasteiger partial charge < -0.3 is 10.4 Å². The van der Waals surface area contributed by atoms with E-state index in [0.717, 1.165) is 0 Å². The Morgan fingerprint density at radius 3 is 2.44 bits per heavy atom. The van der Waals surface area contributed by atoms with E-state index in [1.165, 1.54) is 0 Å². The smallest absolute Gasteiger partial charge is 0.303 e. The summed E-state index contributed by atoms with van der Waals surface area (Å²) in [5.74, 6) is -0.281. The zero-order chi connectivity index (χ0) is 12.6. The Hall–Kier alpha value is -0.710. The summed E-state index contributed by atoms with van der Waals surface area (Å²) in [6.45, 7) is 6.00. The molecular formula is C11H21NO3S. The van der Waals surface area contributed by atoms with E-state index in [9.17, 15) is 9.59 Å². The highest BCUT2D eigenvalue weighted by atomic mass is 32.2. The average Bonchev–Trinajstić information content (AvgIpc) is 2.14. The molecule has 0 aromatic carbocycles. The molecular weight excluding hydrogens is 226 g/mol. The molecule has 0 aliphatic rings. The number of carbonyl (C=O) groups excluding carboxylic acids is 1. The van der Waals surface area contributed by atoms with Gasteiger partial charge in [-0.05, 0) is 25.0 Å². The van der Waals surface area contributed by atoms with E-state index in [-0.39, 0.29) is 18.4 Å². The number of thioether (sulfide) groups is 1. The van der Waals surface area contributed by atoms with Crippen molar-refractivity contribution in [3.05, 3.63) is 0 Å². The molecule has 0 saturated carbocycles. The van der Waals surface area contributed by atoms with Crippen LogP contribution in [0.4, 0.5) is 0 Å². The van der Waals surface area contributed by atoms with Crippen LogP contribution in [0.3, 0.4) is 0 Å². The highest BCUT2D eigenvalue weighted by Gasteiger charge is 2.08. The molecule has 0 aliphatic carbocycles. The fourth-order valence-electron chi connectivity index (χ4n) is 1.19. The Balaban J connectivity index is 3.57. The predicted molar refractivity (Wildman–Crippen MR) is 66.7 cm³/mol. The van der Waals surface area contributed by atoms with E-state index < -0.39 is 5.97 Å². The molecule has 94 valence electrons. The van der Waals surface area contributed by atoms with E-state index in [4.69, 9.17) is 5.11 Å². The first-order valence-electron chi connectivity index (χ1n) is 5.54. The fraction of sp³-hybridized carbons (Fsp3) is 0.818. The molecule has 0 aliphatic heterocycles. The summed E-state index contributed by atoms with van der Waals surface area (Å²) in [4.78, 5) is 21.7. The van der Waals surface area contributed by atoms with Crippen molar-refractivity contribution >= 4 is 23.6 Å². The number of carboxylic acid groups (broad SMARTS) is 1. The zero-order valence-electron chi connectivity index (χ0n) is 10.2. The van der Waals surface area contributed by atoms with Crippen LogP contribution in [0.25, 0.3) is 0 Å². The van der Waals surface area contributed by atoms with Gasteiger partial charge in [0.1, 0.15) is 0 Å². The van der Waals surface area contributed by atoms with Gasteiger partial charge in [-0.25, -0.2) is 0 Å². The monoisotopic (exact) mass is 247 g/mol. The van der Waals surface area contributed by atoms with E-state index in [1.54, 1.807) is 11.8 Å². The van der Waals surface area contributed by atoms with Crippen LogP contribution in [0.1, 0.15) is 40.0 Å². The summed E-state index contributed by atoms with van der Waals surface area (Å²) < 4.78 is 0. The summed E-state index contributed by atoms with van der Waals surface area (Å²) >= 11 is 1.60. The second-order valence-corrected chi connectivity index (χ2v) is 5.68. The number of carbonyl (C=O) groups is 2. The molecule has 1 unspecified atom stereocenters. The molecule has 0 rings (SSSR count). The van der Waals surface area contributed by atoms with Gasteiger partial charge in [-0.3, -0.25) is 9.59 Å². The maximum atomic E-state index is 11.4. The maximum absolute atomic E-state index is 11.4. The Morgan fingerprint density at radius 2 is 1.94 bits per heavy atom. The lowest BCUT2D eigenvalue weighted by Crippen LogP contribution is -2.34. The SMILES string of the molecule is CC(CCCC(=O)O)NC(=O)CSC(C)C. The van der Waals surface area contributed by atoms with Gasteiger partial charge in [0.2, 0.25) is 5.91 Å². The van der Waals surface area contributed by atoms with Gasteiger partial charge in [-0.1, -0.05) is 13.8 Å². The van der Waals surface area contributed by atoms with Crippen LogP contribution in [-0.4, -0.2) is 34.0 Å². The highest BCUT2D eigenvalue weighted by molar-refractivity contribution is 8.00. The standard InChI is InChI=1S/C11H21NO3S/c1-8(2)16-7-10(13)12-9(3)5-4-6-11(14)15/h8-9H,4-7H2,1-3H3,(H,12,13)(H,14,15). The van der Waals surface area contributed by atoms with Crippen LogP contribution in [0, 0.1) is 0 Å². The van der Waals surface area contributed by atoms with Gasteiger partial charge in [-0.15, -0.1) is 11.8 Å². The Bertz CT molecular complexity index is 231. The van der Waals surface area contributed by atoms with Gasteiger partial charge in [0.25, 0.3) is 0 Å². The number of aliphatic carboxylic acids is 1.